The van der Waals surface area contributed by atoms with E-state index in [1.54, 1.807) is 18.6 Å². The Bertz CT molecular complexity index is 517. The number of nitrogens with zero attached hydrogens (tertiary/aromatic N) is 4. The first-order valence-corrected chi connectivity index (χ1v) is 5.26. The monoisotopic (exact) mass is 198 g/mol. The molecule has 2 aromatic rings. The van der Waals surface area contributed by atoms with E-state index in [9.17, 15) is 0 Å². The summed E-state index contributed by atoms with van der Waals surface area (Å²) in [5.74, 6) is 2.47. The van der Waals surface area contributed by atoms with Gasteiger partial charge < -0.3 is 0 Å². The van der Waals surface area contributed by atoms with E-state index in [-0.39, 0.29) is 0 Å². The highest BCUT2D eigenvalue weighted by Crippen LogP contribution is 2.56. The molecule has 1 saturated carbocycles. The van der Waals surface area contributed by atoms with Gasteiger partial charge in [0, 0.05) is 18.3 Å². The first-order chi connectivity index (χ1) is 7.43. The van der Waals surface area contributed by atoms with Gasteiger partial charge >= 0.3 is 0 Å². The third kappa shape index (κ3) is 0.936. The minimum atomic E-state index is 0.740. The van der Waals surface area contributed by atoms with E-state index >= 15 is 0 Å². The van der Waals surface area contributed by atoms with Crippen LogP contribution in [-0.2, 0) is 6.42 Å². The fourth-order valence-electron chi connectivity index (χ4n) is 2.62. The molecule has 15 heavy (non-hydrogen) atoms. The molecule has 0 saturated heterocycles. The summed E-state index contributed by atoms with van der Waals surface area (Å²) in [7, 11) is 0. The first-order valence-electron chi connectivity index (χ1n) is 5.26. The standard InChI is InChI=1S/C11H10N4/c1-2-13-10(6-12-1)15-11-8(5-14-15)3-7-4-9(7)11/h1-2,5-7,9H,3-4H2/t7-,9+/m0/s1. The average molecular weight is 198 g/mol. The van der Waals surface area contributed by atoms with Crippen LogP contribution < -0.4 is 0 Å². The molecule has 4 nitrogen and oxygen atoms in total. The lowest BCUT2D eigenvalue weighted by Crippen LogP contribution is -2.03. The molecule has 2 aromatic heterocycles. The molecule has 0 amide bonds. The predicted octanol–water partition coefficient (Wildman–Crippen LogP) is 1.32. The maximum Gasteiger partial charge on any atom is 0.172 e. The molecule has 0 aliphatic heterocycles. The molecule has 4 heteroatoms. The van der Waals surface area contributed by atoms with Crippen molar-refractivity contribution in [2.24, 2.45) is 5.92 Å². The van der Waals surface area contributed by atoms with Crippen LogP contribution >= 0.6 is 0 Å². The topological polar surface area (TPSA) is 43.6 Å². The minimum absolute atomic E-state index is 0.740. The second kappa shape index (κ2) is 2.45. The van der Waals surface area contributed by atoms with Crippen LogP contribution in [0.2, 0.25) is 0 Å². The maximum absolute atomic E-state index is 4.40. The molecular weight excluding hydrogens is 188 g/mol. The highest BCUT2D eigenvalue weighted by atomic mass is 15.3. The summed E-state index contributed by atoms with van der Waals surface area (Å²) in [6, 6.07) is 0. The van der Waals surface area contributed by atoms with Crippen molar-refractivity contribution >= 4 is 0 Å². The Morgan fingerprint density at radius 3 is 3.13 bits per heavy atom. The zero-order valence-corrected chi connectivity index (χ0v) is 8.17. The molecule has 2 aliphatic carbocycles. The second-order valence-corrected chi connectivity index (χ2v) is 4.34. The Kier molecular flexibility index (Phi) is 1.24. The van der Waals surface area contributed by atoms with E-state index in [0.29, 0.717) is 0 Å². The van der Waals surface area contributed by atoms with Crippen LogP contribution in [0.5, 0.6) is 0 Å². The molecule has 2 aliphatic rings. The van der Waals surface area contributed by atoms with Gasteiger partial charge in [0.2, 0.25) is 0 Å². The van der Waals surface area contributed by atoms with Crippen LogP contribution in [0.4, 0.5) is 0 Å². The molecule has 1 fully saturated rings. The number of hydrogen-bond acceptors (Lipinski definition) is 3. The van der Waals surface area contributed by atoms with Gasteiger partial charge in [0.1, 0.15) is 0 Å². The molecule has 0 unspecified atom stereocenters. The minimum Gasteiger partial charge on any atom is -0.259 e. The van der Waals surface area contributed by atoms with Gasteiger partial charge in [-0.1, -0.05) is 0 Å². The van der Waals surface area contributed by atoms with Crippen molar-refractivity contribution in [3.63, 3.8) is 0 Å². The molecule has 0 aromatic carbocycles. The normalized spacial score (nSPS) is 26.1. The molecule has 0 bridgehead atoms. The Balaban J connectivity index is 1.90. The lowest BCUT2D eigenvalue weighted by Gasteiger charge is -2.03. The first kappa shape index (κ1) is 7.56. The van der Waals surface area contributed by atoms with Crippen LogP contribution in [0.15, 0.2) is 24.8 Å². The van der Waals surface area contributed by atoms with Crippen molar-refractivity contribution in [2.75, 3.05) is 0 Å². The van der Waals surface area contributed by atoms with Crippen LogP contribution in [-0.4, -0.2) is 19.7 Å². The summed E-state index contributed by atoms with van der Waals surface area (Å²) < 4.78 is 1.96. The van der Waals surface area contributed by atoms with Gasteiger partial charge in [-0.3, -0.25) is 4.98 Å². The van der Waals surface area contributed by atoms with E-state index in [0.717, 1.165) is 17.7 Å². The zero-order valence-electron chi connectivity index (χ0n) is 8.17. The summed E-state index contributed by atoms with van der Waals surface area (Å²) >= 11 is 0. The van der Waals surface area contributed by atoms with Crippen LogP contribution in [0.25, 0.3) is 5.82 Å². The Morgan fingerprint density at radius 2 is 2.27 bits per heavy atom. The van der Waals surface area contributed by atoms with E-state index < -0.39 is 0 Å². The quantitative estimate of drug-likeness (QED) is 0.694. The fraction of sp³-hybridized carbons (Fsp3) is 0.364. The van der Waals surface area contributed by atoms with Crippen molar-refractivity contribution < 1.29 is 0 Å². The molecule has 74 valence electrons. The number of fused-ring (bicyclic) bond motifs is 3. The summed E-state index contributed by atoms with van der Waals surface area (Å²) in [5, 5.41) is 4.40. The maximum atomic E-state index is 4.40. The van der Waals surface area contributed by atoms with Gasteiger partial charge in [-0.25, -0.2) is 9.67 Å². The largest absolute Gasteiger partial charge is 0.259 e. The molecule has 2 heterocycles. The van der Waals surface area contributed by atoms with Gasteiger partial charge in [0.05, 0.1) is 18.1 Å². The van der Waals surface area contributed by atoms with Crippen molar-refractivity contribution in [1.29, 1.82) is 0 Å². The molecule has 4 rings (SSSR count). The Morgan fingerprint density at radius 1 is 1.27 bits per heavy atom. The SMILES string of the molecule is c1cnc(-n2ncc3c2[C@@H]2C[C@@H]2C3)cn1. The number of aromatic nitrogens is 4. The summed E-state index contributed by atoms with van der Waals surface area (Å²) in [5.41, 5.74) is 2.78. The number of hydrogen-bond donors (Lipinski definition) is 0. The van der Waals surface area contributed by atoms with Crippen LogP contribution in [0.1, 0.15) is 23.6 Å². The average Bonchev–Trinajstić information content (AvgIpc) is 2.76. The third-order valence-corrected chi connectivity index (χ3v) is 3.41. The van der Waals surface area contributed by atoms with E-state index in [1.165, 1.54) is 24.1 Å². The van der Waals surface area contributed by atoms with Gasteiger partial charge in [0.15, 0.2) is 5.82 Å². The van der Waals surface area contributed by atoms with Crippen molar-refractivity contribution in [3.8, 4) is 5.82 Å². The lowest BCUT2D eigenvalue weighted by molar-refractivity contribution is 0.766. The van der Waals surface area contributed by atoms with Crippen LogP contribution in [0, 0.1) is 5.92 Å². The number of rotatable bonds is 1. The van der Waals surface area contributed by atoms with Gasteiger partial charge in [-0.2, -0.15) is 5.10 Å². The fourth-order valence-corrected chi connectivity index (χ4v) is 2.62. The van der Waals surface area contributed by atoms with Gasteiger partial charge in [-0.05, 0) is 24.3 Å². The Hall–Kier alpha value is -1.71. The highest BCUT2D eigenvalue weighted by Gasteiger charge is 2.48. The molecule has 0 N–H and O–H groups in total. The van der Waals surface area contributed by atoms with Crippen LogP contribution in [0.3, 0.4) is 0 Å². The Labute approximate surface area is 87.0 Å². The summed E-state index contributed by atoms with van der Waals surface area (Å²) in [6.45, 7) is 0. The second-order valence-electron chi connectivity index (χ2n) is 4.34. The van der Waals surface area contributed by atoms with E-state index in [2.05, 4.69) is 15.1 Å². The summed E-state index contributed by atoms with van der Waals surface area (Å²) in [4.78, 5) is 8.37. The van der Waals surface area contributed by atoms with Gasteiger partial charge in [0.25, 0.3) is 0 Å². The van der Waals surface area contributed by atoms with E-state index in [4.69, 9.17) is 0 Å². The van der Waals surface area contributed by atoms with Crippen molar-refractivity contribution in [1.82, 2.24) is 19.7 Å². The summed E-state index contributed by atoms with van der Waals surface area (Å²) in [6.07, 6.45) is 9.69. The lowest BCUT2D eigenvalue weighted by atomic mass is 10.2. The highest BCUT2D eigenvalue weighted by molar-refractivity contribution is 5.39. The van der Waals surface area contributed by atoms with Crippen molar-refractivity contribution in [3.05, 3.63) is 36.0 Å². The zero-order chi connectivity index (χ0) is 9.83. The molecule has 0 radical (unpaired) electrons. The molecule has 0 spiro atoms. The smallest absolute Gasteiger partial charge is 0.172 e. The van der Waals surface area contributed by atoms with Gasteiger partial charge in [-0.15, -0.1) is 0 Å². The predicted molar refractivity (Wildman–Crippen MR) is 53.7 cm³/mol. The van der Waals surface area contributed by atoms with Crippen molar-refractivity contribution in [2.45, 2.75) is 18.8 Å². The molecule has 2 atom stereocenters. The third-order valence-electron chi connectivity index (χ3n) is 3.41. The van der Waals surface area contributed by atoms with E-state index in [1.807, 2.05) is 10.9 Å². The molecular formula is C11H10N4.